The first kappa shape index (κ1) is 11.1. The van der Waals surface area contributed by atoms with Gasteiger partial charge in [0.25, 0.3) is 0 Å². The molecular weight excluding hydrogens is 200 g/mol. The predicted molar refractivity (Wildman–Crippen MR) is 65.6 cm³/mol. The Morgan fingerprint density at radius 2 is 2.25 bits per heavy atom. The van der Waals surface area contributed by atoms with Gasteiger partial charge in [0.05, 0.1) is 11.0 Å². The third kappa shape index (κ3) is 2.42. The Morgan fingerprint density at radius 1 is 1.44 bits per heavy atom. The minimum atomic E-state index is 0.492. The molecule has 0 amide bonds. The summed E-state index contributed by atoms with van der Waals surface area (Å²) in [7, 11) is 1.73. The zero-order valence-corrected chi connectivity index (χ0v) is 10.1. The standard InChI is InChI=1S/C13H18N2O/c1-9-4-5-11-12(6-9)15-13(14-11)7-10(2)8-16-3/h4-6,10H,7-8H2,1-3H3,(H,14,15). The van der Waals surface area contributed by atoms with E-state index in [0.29, 0.717) is 5.92 Å². The normalized spacial score (nSPS) is 13.2. The third-order valence-electron chi connectivity index (χ3n) is 2.68. The minimum absolute atomic E-state index is 0.492. The lowest BCUT2D eigenvalue weighted by molar-refractivity contribution is 0.159. The number of aryl methyl sites for hydroxylation is 1. The second kappa shape index (κ2) is 4.66. The number of hydrogen-bond donors (Lipinski definition) is 1. The van der Waals surface area contributed by atoms with Crippen LogP contribution in [-0.4, -0.2) is 23.7 Å². The van der Waals surface area contributed by atoms with Crippen LogP contribution < -0.4 is 0 Å². The van der Waals surface area contributed by atoms with Crippen molar-refractivity contribution in [1.82, 2.24) is 9.97 Å². The van der Waals surface area contributed by atoms with E-state index in [1.807, 2.05) is 0 Å². The second-order valence-electron chi connectivity index (χ2n) is 4.47. The van der Waals surface area contributed by atoms with Crippen molar-refractivity contribution in [2.75, 3.05) is 13.7 Å². The molecule has 0 spiro atoms. The highest BCUT2D eigenvalue weighted by Crippen LogP contribution is 2.15. The summed E-state index contributed by atoms with van der Waals surface area (Å²) in [5.74, 6) is 1.54. The topological polar surface area (TPSA) is 37.9 Å². The van der Waals surface area contributed by atoms with Crippen LogP contribution in [0.4, 0.5) is 0 Å². The maximum Gasteiger partial charge on any atom is 0.107 e. The maximum absolute atomic E-state index is 5.13. The van der Waals surface area contributed by atoms with Crippen LogP contribution in [0.15, 0.2) is 18.2 Å². The van der Waals surface area contributed by atoms with E-state index in [9.17, 15) is 0 Å². The van der Waals surface area contributed by atoms with Crippen molar-refractivity contribution >= 4 is 11.0 Å². The fourth-order valence-corrected chi connectivity index (χ4v) is 1.95. The molecule has 1 unspecified atom stereocenters. The molecule has 0 bridgehead atoms. The highest BCUT2D eigenvalue weighted by Gasteiger charge is 2.07. The summed E-state index contributed by atoms with van der Waals surface area (Å²) in [5, 5.41) is 0. The lowest BCUT2D eigenvalue weighted by Crippen LogP contribution is -2.07. The van der Waals surface area contributed by atoms with Gasteiger partial charge < -0.3 is 9.72 Å². The first-order chi connectivity index (χ1) is 7.69. The molecule has 16 heavy (non-hydrogen) atoms. The predicted octanol–water partition coefficient (Wildman–Crippen LogP) is 2.70. The van der Waals surface area contributed by atoms with Crippen molar-refractivity contribution in [2.45, 2.75) is 20.3 Å². The highest BCUT2D eigenvalue weighted by molar-refractivity contribution is 5.75. The summed E-state index contributed by atoms with van der Waals surface area (Å²) in [6, 6.07) is 6.28. The largest absolute Gasteiger partial charge is 0.384 e. The Bertz CT molecular complexity index is 476. The van der Waals surface area contributed by atoms with Crippen LogP contribution in [0, 0.1) is 12.8 Å². The average Bonchev–Trinajstić information content (AvgIpc) is 2.59. The quantitative estimate of drug-likeness (QED) is 0.856. The number of nitrogens with zero attached hydrogens (tertiary/aromatic N) is 1. The van der Waals surface area contributed by atoms with E-state index in [0.717, 1.165) is 29.9 Å². The van der Waals surface area contributed by atoms with Crippen molar-refractivity contribution in [3.63, 3.8) is 0 Å². The Balaban J connectivity index is 2.19. The van der Waals surface area contributed by atoms with E-state index in [4.69, 9.17) is 4.74 Å². The van der Waals surface area contributed by atoms with Gasteiger partial charge in [0.2, 0.25) is 0 Å². The summed E-state index contributed by atoms with van der Waals surface area (Å²) in [6.07, 6.45) is 0.932. The molecule has 1 aromatic carbocycles. The molecule has 2 aromatic rings. The van der Waals surface area contributed by atoms with E-state index in [1.54, 1.807) is 7.11 Å². The monoisotopic (exact) mass is 218 g/mol. The molecular formula is C13H18N2O. The molecule has 1 N–H and O–H groups in total. The van der Waals surface area contributed by atoms with Gasteiger partial charge in [0, 0.05) is 20.1 Å². The summed E-state index contributed by atoms with van der Waals surface area (Å²) < 4.78 is 5.13. The molecule has 0 saturated heterocycles. The maximum atomic E-state index is 5.13. The van der Waals surface area contributed by atoms with Gasteiger partial charge in [0.1, 0.15) is 5.82 Å². The van der Waals surface area contributed by atoms with Gasteiger partial charge in [-0.05, 0) is 30.5 Å². The number of H-pyrrole nitrogens is 1. The lowest BCUT2D eigenvalue weighted by atomic mass is 10.1. The highest BCUT2D eigenvalue weighted by atomic mass is 16.5. The van der Waals surface area contributed by atoms with Gasteiger partial charge in [-0.2, -0.15) is 0 Å². The molecule has 1 atom stereocenters. The lowest BCUT2D eigenvalue weighted by Gasteiger charge is -2.06. The van der Waals surface area contributed by atoms with E-state index >= 15 is 0 Å². The van der Waals surface area contributed by atoms with Gasteiger partial charge in [-0.25, -0.2) is 4.98 Å². The molecule has 0 fully saturated rings. The van der Waals surface area contributed by atoms with Crippen molar-refractivity contribution < 1.29 is 4.74 Å². The van der Waals surface area contributed by atoms with Crippen LogP contribution in [0.25, 0.3) is 11.0 Å². The van der Waals surface area contributed by atoms with E-state index in [2.05, 4.69) is 42.0 Å². The van der Waals surface area contributed by atoms with Gasteiger partial charge in [0.15, 0.2) is 0 Å². The van der Waals surface area contributed by atoms with E-state index < -0.39 is 0 Å². The van der Waals surface area contributed by atoms with Crippen LogP contribution in [0.2, 0.25) is 0 Å². The van der Waals surface area contributed by atoms with Crippen LogP contribution in [0.1, 0.15) is 18.3 Å². The Labute approximate surface area is 95.8 Å². The Kier molecular flexibility index (Phi) is 3.25. The molecule has 0 aliphatic heterocycles. The van der Waals surface area contributed by atoms with Gasteiger partial charge in [-0.3, -0.25) is 0 Å². The Morgan fingerprint density at radius 3 is 3.00 bits per heavy atom. The molecule has 0 aliphatic carbocycles. The zero-order valence-electron chi connectivity index (χ0n) is 10.1. The SMILES string of the molecule is COCC(C)Cc1nc2ccc(C)cc2[nH]1. The van der Waals surface area contributed by atoms with Gasteiger partial charge in [-0.15, -0.1) is 0 Å². The molecule has 86 valence electrons. The fourth-order valence-electron chi connectivity index (χ4n) is 1.95. The van der Waals surface area contributed by atoms with Crippen LogP contribution in [0.5, 0.6) is 0 Å². The number of fused-ring (bicyclic) bond motifs is 1. The molecule has 3 heteroatoms. The van der Waals surface area contributed by atoms with Gasteiger partial charge in [-0.1, -0.05) is 13.0 Å². The minimum Gasteiger partial charge on any atom is -0.384 e. The summed E-state index contributed by atoms with van der Waals surface area (Å²) >= 11 is 0. The first-order valence-electron chi connectivity index (χ1n) is 5.63. The van der Waals surface area contributed by atoms with Crippen molar-refractivity contribution in [1.29, 1.82) is 0 Å². The Hall–Kier alpha value is -1.35. The van der Waals surface area contributed by atoms with E-state index in [-0.39, 0.29) is 0 Å². The third-order valence-corrected chi connectivity index (χ3v) is 2.68. The number of aromatic amines is 1. The number of rotatable bonds is 4. The van der Waals surface area contributed by atoms with Crippen molar-refractivity contribution in [2.24, 2.45) is 5.92 Å². The zero-order chi connectivity index (χ0) is 11.5. The number of nitrogens with one attached hydrogen (secondary N) is 1. The molecule has 0 radical (unpaired) electrons. The van der Waals surface area contributed by atoms with E-state index in [1.165, 1.54) is 5.56 Å². The smallest absolute Gasteiger partial charge is 0.107 e. The first-order valence-corrected chi connectivity index (χ1v) is 5.63. The molecule has 3 nitrogen and oxygen atoms in total. The second-order valence-corrected chi connectivity index (χ2v) is 4.47. The van der Waals surface area contributed by atoms with Crippen LogP contribution >= 0.6 is 0 Å². The number of hydrogen-bond acceptors (Lipinski definition) is 2. The molecule has 1 aromatic heterocycles. The number of methoxy groups -OCH3 is 1. The fraction of sp³-hybridized carbons (Fsp3) is 0.462. The molecule has 2 rings (SSSR count). The molecule has 1 heterocycles. The van der Waals surface area contributed by atoms with Crippen molar-refractivity contribution in [3.8, 4) is 0 Å². The number of ether oxygens (including phenoxy) is 1. The van der Waals surface area contributed by atoms with Crippen molar-refractivity contribution in [3.05, 3.63) is 29.6 Å². The summed E-state index contributed by atoms with van der Waals surface area (Å²) in [6.45, 7) is 5.03. The van der Waals surface area contributed by atoms with Crippen LogP contribution in [-0.2, 0) is 11.2 Å². The molecule has 0 aliphatic rings. The number of aromatic nitrogens is 2. The molecule has 0 saturated carbocycles. The van der Waals surface area contributed by atoms with Gasteiger partial charge >= 0.3 is 0 Å². The summed E-state index contributed by atoms with van der Waals surface area (Å²) in [5.41, 5.74) is 3.43. The average molecular weight is 218 g/mol. The number of imidazole rings is 1. The number of benzene rings is 1. The van der Waals surface area contributed by atoms with Crippen LogP contribution in [0.3, 0.4) is 0 Å². The summed E-state index contributed by atoms with van der Waals surface area (Å²) in [4.78, 5) is 7.92.